The SMILES string of the molecule is CC1(C)Cc2ccccc2C(C(=O)Cc2ccc(C(=O)O)cc2)N1C(=O)/C=C/c1cc(Cl)ccc1-n1cnnn1. The molecule has 0 fully saturated rings. The van der Waals surface area contributed by atoms with Gasteiger partial charge in [0.25, 0.3) is 0 Å². The van der Waals surface area contributed by atoms with E-state index in [1.807, 2.05) is 38.1 Å². The molecule has 1 aliphatic rings. The monoisotopic (exact) mass is 555 g/mol. The number of fused-ring (bicyclic) bond motifs is 1. The highest BCUT2D eigenvalue weighted by Crippen LogP contribution is 2.40. The first-order chi connectivity index (χ1) is 19.1. The Kier molecular flexibility index (Phi) is 7.32. The van der Waals surface area contributed by atoms with Crippen LogP contribution in [-0.2, 0) is 22.4 Å². The van der Waals surface area contributed by atoms with E-state index in [-0.39, 0.29) is 23.7 Å². The van der Waals surface area contributed by atoms with E-state index >= 15 is 0 Å². The number of benzene rings is 3. The molecule has 40 heavy (non-hydrogen) atoms. The van der Waals surface area contributed by atoms with Crippen LogP contribution < -0.4 is 0 Å². The second-order valence-corrected chi connectivity index (χ2v) is 10.7. The van der Waals surface area contributed by atoms with E-state index in [1.54, 1.807) is 41.3 Å². The molecule has 1 amide bonds. The van der Waals surface area contributed by atoms with Crippen LogP contribution in [0, 0.1) is 0 Å². The highest BCUT2D eigenvalue weighted by atomic mass is 35.5. The Bertz CT molecular complexity index is 1610. The third-order valence-corrected chi connectivity index (χ3v) is 7.23. The third kappa shape index (κ3) is 5.41. The number of amides is 1. The van der Waals surface area contributed by atoms with Crippen molar-refractivity contribution < 1.29 is 19.5 Å². The van der Waals surface area contributed by atoms with Gasteiger partial charge in [0.1, 0.15) is 12.4 Å². The number of carbonyl (C=O) groups is 3. The van der Waals surface area contributed by atoms with Crippen molar-refractivity contribution in [1.29, 1.82) is 0 Å². The Morgan fingerprint density at radius 2 is 1.82 bits per heavy atom. The first-order valence-corrected chi connectivity index (χ1v) is 13.0. The lowest BCUT2D eigenvalue weighted by atomic mass is 9.79. The molecule has 0 radical (unpaired) electrons. The van der Waals surface area contributed by atoms with Gasteiger partial charge in [-0.05, 0) is 83.8 Å². The average Bonchev–Trinajstić information content (AvgIpc) is 3.45. The Hall–Kier alpha value is -4.63. The van der Waals surface area contributed by atoms with Crippen LogP contribution in [0.4, 0.5) is 0 Å². The minimum absolute atomic E-state index is 0.0419. The van der Waals surface area contributed by atoms with Gasteiger partial charge in [0.05, 0.1) is 11.3 Å². The molecule has 5 rings (SSSR count). The molecule has 1 N–H and O–H groups in total. The summed E-state index contributed by atoms with van der Waals surface area (Å²) in [5, 5.41) is 21.0. The molecule has 0 saturated carbocycles. The van der Waals surface area contributed by atoms with E-state index in [9.17, 15) is 19.5 Å². The molecular weight excluding hydrogens is 530 g/mol. The van der Waals surface area contributed by atoms with Crippen LogP contribution in [-0.4, -0.2) is 53.4 Å². The summed E-state index contributed by atoms with van der Waals surface area (Å²) in [6.45, 7) is 3.89. The van der Waals surface area contributed by atoms with Crippen LogP contribution in [0.25, 0.3) is 11.8 Å². The Labute approximate surface area is 235 Å². The summed E-state index contributed by atoms with van der Waals surface area (Å²) in [5.41, 5.74) is 3.21. The fourth-order valence-corrected chi connectivity index (χ4v) is 5.37. The van der Waals surface area contributed by atoms with E-state index in [1.165, 1.54) is 29.2 Å². The normalized spacial score (nSPS) is 16.1. The van der Waals surface area contributed by atoms with Gasteiger partial charge in [0.2, 0.25) is 5.91 Å². The maximum Gasteiger partial charge on any atom is 0.335 e. The minimum atomic E-state index is -1.03. The molecule has 4 aromatic rings. The second kappa shape index (κ2) is 10.9. The van der Waals surface area contributed by atoms with Gasteiger partial charge in [-0.1, -0.05) is 48.0 Å². The van der Waals surface area contributed by atoms with Crippen molar-refractivity contribution in [3.63, 3.8) is 0 Å². The van der Waals surface area contributed by atoms with Gasteiger partial charge < -0.3 is 10.0 Å². The number of rotatable bonds is 7. The van der Waals surface area contributed by atoms with Crippen molar-refractivity contribution in [1.82, 2.24) is 25.1 Å². The molecule has 0 saturated heterocycles. The predicted molar refractivity (Wildman–Crippen MR) is 149 cm³/mol. The van der Waals surface area contributed by atoms with Crippen LogP contribution in [0.2, 0.25) is 5.02 Å². The van der Waals surface area contributed by atoms with Crippen molar-refractivity contribution >= 4 is 35.3 Å². The maximum absolute atomic E-state index is 13.9. The molecule has 1 atom stereocenters. The molecule has 1 unspecified atom stereocenters. The lowest BCUT2D eigenvalue weighted by Gasteiger charge is -2.47. The Morgan fingerprint density at radius 1 is 1.07 bits per heavy atom. The predicted octanol–water partition coefficient (Wildman–Crippen LogP) is 4.74. The minimum Gasteiger partial charge on any atom is -0.478 e. The van der Waals surface area contributed by atoms with Crippen molar-refractivity contribution in [2.24, 2.45) is 0 Å². The number of carbonyl (C=O) groups excluding carboxylic acids is 2. The third-order valence-electron chi connectivity index (χ3n) is 7.00. The van der Waals surface area contributed by atoms with Gasteiger partial charge in [-0.2, -0.15) is 4.68 Å². The van der Waals surface area contributed by atoms with Gasteiger partial charge in [-0.25, -0.2) is 4.79 Å². The quantitative estimate of drug-likeness (QED) is 0.327. The number of aromatic nitrogens is 4. The molecule has 1 aromatic heterocycles. The lowest BCUT2D eigenvalue weighted by molar-refractivity contribution is -0.143. The molecule has 9 nitrogen and oxygen atoms in total. The number of carboxylic acids is 1. The molecular formula is C30H26ClN5O4. The van der Waals surface area contributed by atoms with Crippen molar-refractivity contribution in [2.75, 3.05) is 0 Å². The smallest absolute Gasteiger partial charge is 0.335 e. The van der Waals surface area contributed by atoms with E-state index in [4.69, 9.17) is 11.6 Å². The largest absolute Gasteiger partial charge is 0.478 e. The van der Waals surface area contributed by atoms with E-state index in [2.05, 4.69) is 15.5 Å². The topological polar surface area (TPSA) is 118 Å². The summed E-state index contributed by atoms with van der Waals surface area (Å²) < 4.78 is 1.48. The fourth-order valence-electron chi connectivity index (χ4n) is 5.19. The lowest BCUT2D eigenvalue weighted by Crippen LogP contribution is -2.55. The zero-order valence-electron chi connectivity index (χ0n) is 21.9. The number of tetrazole rings is 1. The summed E-state index contributed by atoms with van der Waals surface area (Å²) in [7, 11) is 0. The molecule has 1 aliphatic heterocycles. The number of nitrogens with zero attached hydrogens (tertiary/aromatic N) is 5. The molecule has 2 heterocycles. The van der Waals surface area contributed by atoms with Crippen molar-refractivity contribution in [3.8, 4) is 5.69 Å². The average molecular weight is 556 g/mol. The molecule has 0 aliphatic carbocycles. The summed E-state index contributed by atoms with van der Waals surface area (Å²) in [6, 6.07) is 18.2. The number of aromatic carboxylic acids is 1. The standard InChI is InChI=1S/C30H26ClN5O4/c1-30(2)17-22-5-3-4-6-24(22)28(26(37)15-19-7-9-20(10-8-19)29(39)40)36(30)27(38)14-11-21-16-23(31)12-13-25(21)35-18-32-33-34-35/h3-14,16,18,28H,15,17H2,1-2H3,(H,39,40)/b14-11+. The first-order valence-electron chi connectivity index (χ1n) is 12.6. The van der Waals surface area contributed by atoms with Gasteiger partial charge in [-0.15, -0.1) is 5.10 Å². The van der Waals surface area contributed by atoms with E-state index in [0.29, 0.717) is 28.3 Å². The van der Waals surface area contributed by atoms with Crippen LogP contribution in [0.1, 0.15) is 52.5 Å². The summed E-state index contributed by atoms with van der Waals surface area (Å²) >= 11 is 6.25. The second-order valence-electron chi connectivity index (χ2n) is 10.2. The van der Waals surface area contributed by atoms with Crippen LogP contribution in [0.15, 0.2) is 79.1 Å². The highest BCUT2D eigenvalue weighted by Gasteiger charge is 2.44. The Morgan fingerprint density at radius 3 is 2.52 bits per heavy atom. The van der Waals surface area contributed by atoms with Crippen LogP contribution >= 0.6 is 11.6 Å². The molecule has 0 bridgehead atoms. The van der Waals surface area contributed by atoms with Gasteiger partial charge in [0, 0.05) is 28.6 Å². The fraction of sp³-hybridized carbons (Fsp3) is 0.200. The molecule has 0 spiro atoms. The molecule has 10 heteroatoms. The van der Waals surface area contributed by atoms with E-state index in [0.717, 1.165) is 11.1 Å². The number of carboxylic acid groups (broad SMARTS) is 1. The van der Waals surface area contributed by atoms with Gasteiger partial charge >= 0.3 is 5.97 Å². The summed E-state index contributed by atoms with van der Waals surface area (Å²) in [5.74, 6) is -1.53. The number of hydrogen-bond acceptors (Lipinski definition) is 6. The zero-order chi connectivity index (χ0) is 28.4. The van der Waals surface area contributed by atoms with Gasteiger partial charge in [0.15, 0.2) is 5.78 Å². The number of Topliss-reactive ketones (excluding diaryl/α,β-unsaturated/α-hetero) is 1. The first kappa shape index (κ1) is 27.0. The van der Waals surface area contributed by atoms with E-state index < -0.39 is 17.6 Å². The van der Waals surface area contributed by atoms with Crippen molar-refractivity contribution in [2.45, 2.75) is 38.3 Å². The highest BCUT2D eigenvalue weighted by molar-refractivity contribution is 6.30. The summed E-state index contributed by atoms with van der Waals surface area (Å²) in [4.78, 5) is 40.7. The maximum atomic E-state index is 13.9. The summed E-state index contributed by atoms with van der Waals surface area (Å²) in [6.07, 6.45) is 5.16. The zero-order valence-corrected chi connectivity index (χ0v) is 22.6. The number of ketones is 1. The van der Waals surface area contributed by atoms with Crippen molar-refractivity contribution in [3.05, 3.63) is 112 Å². The molecule has 3 aromatic carbocycles. The number of hydrogen-bond donors (Lipinski definition) is 1. The number of halogens is 1. The van der Waals surface area contributed by atoms with Gasteiger partial charge in [-0.3, -0.25) is 9.59 Å². The molecule has 202 valence electrons. The van der Waals surface area contributed by atoms with Crippen LogP contribution in [0.3, 0.4) is 0 Å². The van der Waals surface area contributed by atoms with Crippen LogP contribution in [0.5, 0.6) is 0 Å². The Balaban J connectivity index is 1.50.